The fourth-order valence-corrected chi connectivity index (χ4v) is 3.17. The molecule has 3 rings (SSSR count). The van der Waals surface area contributed by atoms with E-state index in [1.165, 1.54) is 0 Å². The lowest BCUT2D eigenvalue weighted by atomic mass is 10.0. The van der Waals surface area contributed by atoms with Crippen molar-refractivity contribution < 1.29 is 13.9 Å². The summed E-state index contributed by atoms with van der Waals surface area (Å²) in [6.45, 7) is 1.35. The topological polar surface area (TPSA) is 68.7 Å². The molecule has 2 N–H and O–H groups in total. The Morgan fingerprint density at radius 1 is 1.45 bits per heavy atom. The summed E-state index contributed by atoms with van der Waals surface area (Å²) in [5.74, 6) is 0.882. The molecular formula is C17H22N2O3. The highest BCUT2D eigenvalue weighted by Crippen LogP contribution is 2.27. The number of likely N-dealkylation sites (tertiary alicyclic amines) is 1. The molecule has 1 saturated heterocycles. The second-order valence-electron chi connectivity index (χ2n) is 5.77. The summed E-state index contributed by atoms with van der Waals surface area (Å²) in [6.07, 6.45) is 5.25. The number of nitrogens with two attached hydrogens (primary N) is 1. The van der Waals surface area contributed by atoms with E-state index in [-0.39, 0.29) is 11.9 Å². The second-order valence-corrected chi connectivity index (χ2v) is 5.77. The first-order valence-electron chi connectivity index (χ1n) is 7.76. The molecule has 1 amide bonds. The van der Waals surface area contributed by atoms with Gasteiger partial charge in [-0.2, -0.15) is 0 Å². The first-order chi connectivity index (χ1) is 10.7. The van der Waals surface area contributed by atoms with Crippen molar-refractivity contribution in [1.82, 2.24) is 4.90 Å². The molecule has 1 aliphatic heterocycles. The van der Waals surface area contributed by atoms with Crippen molar-refractivity contribution in [3.63, 3.8) is 0 Å². The number of furan rings is 1. The van der Waals surface area contributed by atoms with Crippen molar-refractivity contribution in [2.45, 2.75) is 31.7 Å². The highest BCUT2D eigenvalue weighted by Gasteiger charge is 2.26. The Labute approximate surface area is 130 Å². The van der Waals surface area contributed by atoms with Crippen molar-refractivity contribution in [3.05, 3.63) is 30.0 Å². The molecule has 2 heterocycles. The summed E-state index contributed by atoms with van der Waals surface area (Å²) in [5, 5.41) is 0.968. The van der Waals surface area contributed by atoms with Gasteiger partial charge in [0.2, 0.25) is 5.91 Å². The van der Waals surface area contributed by atoms with Gasteiger partial charge in [0.25, 0.3) is 0 Å². The van der Waals surface area contributed by atoms with Crippen LogP contribution in [0.1, 0.15) is 24.8 Å². The zero-order chi connectivity index (χ0) is 15.5. The highest BCUT2D eigenvalue weighted by molar-refractivity contribution is 5.88. The predicted molar refractivity (Wildman–Crippen MR) is 84.9 cm³/mol. The minimum Gasteiger partial charge on any atom is -0.497 e. The van der Waals surface area contributed by atoms with Gasteiger partial charge < -0.3 is 19.8 Å². The van der Waals surface area contributed by atoms with Crippen molar-refractivity contribution in [2.24, 2.45) is 5.73 Å². The number of benzene rings is 1. The number of carbonyl (C=O) groups excluding carboxylic acids is 1. The molecule has 0 bridgehead atoms. The molecule has 22 heavy (non-hydrogen) atoms. The summed E-state index contributed by atoms with van der Waals surface area (Å²) in [7, 11) is 1.62. The molecule has 1 unspecified atom stereocenters. The van der Waals surface area contributed by atoms with Crippen molar-refractivity contribution in [3.8, 4) is 5.75 Å². The molecule has 1 aromatic carbocycles. The third-order valence-electron chi connectivity index (χ3n) is 4.42. The van der Waals surface area contributed by atoms with Crippen LogP contribution in [0.2, 0.25) is 0 Å². The minimum absolute atomic E-state index is 0.133. The zero-order valence-corrected chi connectivity index (χ0v) is 12.9. The zero-order valence-electron chi connectivity index (χ0n) is 12.9. The van der Waals surface area contributed by atoms with E-state index in [4.69, 9.17) is 14.9 Å². The average molecular weight is 302 g/mol. The number of hydrogen-bond donors (Lipinski definition) is 1. The lowest BCUT2D eigenvalue weighted by Crippen LogP contribution is -2.48. The van der Waals surface area contributed by atoms with Crippen molar-refractivity contribution >= 4 is 16.9 Å². The molecule has 2 aromatic rings. The van der Waals surface area contributed by atoms with Crippen LogP contribution in [0.15, 0.2) is 28.9 Å². The molecule has 0 radical (unpaired) electrons. The molecule has 0 aliphatic carbocycles. The molecule has 1 aliphatic rings. The van der Waals surface area contributed by atoms with Gasteiger partial charge in [0.05, 0.1) is 19.8 Å². The van der Waals surface area contributed by atoms with Crippen LogP contribution in [-0.2, 0) is 11.2 Å². The number of amides is 1. The van der Waals surface area contributed by atoms with Crippen LogP contribution >= 0.6 is 0 Å². The van der Waals surface area contributed by atoms with Gasteiger partial charge in [-0.15, -0.1) is 0 Å². The summed E-state index contributed by atoms with van der Waals surface area (Å²) in [6, 6.07) is 5.85. The Balaban J connectivity index is 1.79. The number of methoxy groups -OCH3 is 1. The van der Waals surface area contributed by atoms with E-state index in [9.17, 15) is 4.79 Å². The quantitative estimate of drug-likeness (QED) is 0.941. The minimum atomic E-state index is 0.133. The van der Waals surface area contributed by atoms with Gasteiger partial charge in [0.15, 0.2) is 0 Å². The standard InChI is InChI=1S/C17H22N2O3/c1-21-14-5-6-15-12(11-22-16(15)9-14)8-17(20)19-7-3-2-4-13(19)10-18/h5-6,9,11,13H,2-4,7-8,10,18H2,1H3. The van der Waals surface area contributed by atoms with Crippen molar-refractivity contribution in [2.75, 3.05) is 20.2 Å². The largest absolute Gasteiger partial charge is 0.497 e. The predicted octanol–water partition coefficient (Wildman–Crippen LogP) is 2.32. The SMILES string of the molecule is COc1ccc2c(CC(=O)N3CCCCC3CN)coc2c1. The highest BCUT2D eigenvalue weighted by atomic mass is 16.5. The van der Waals surface area contributed by atoms with Crippen LogP contribution in [0.25, 0.3) is 11.0 Å². The summed E-state index contributed by atoms with van der Waals surface area (Å²) >= 11 is 0. The Bertz CT molecular complexity index is 665. The van der Waals surface area contributed by atoms with E-state index in [0.717, 1.165) is 48.1 Å². The summed E-state index contributed by atoms with van der Waals surface area (Å²) in [4.78, 5) is 14.5. The fourth-order valence-electron chi connectivity index (χ4n) is 3.17. The van der Waals surface area contributed by atoms with E-state index in [1.54, 1.807) is 13.4 Å². The molecule has 0 saturated carbocycles. The van der Waals surface area contributed by atoms with Crippen molar-refractivity contribution in [1.29, 1.82) is 0 Å². The van der Waals surface area contributed by atoms with Gasteiger partial charge in [-0.3, -0.25) is 4.79 Å². The maximum Gasteiger partial charge on any atom is 0.227 e. The lowest BCUT2D eigenvalue weighted by molar-refractivity contribution is -0.133. The van der Waals surface area contributed by atoms with E-state index >= 15 is 0 Å². The van der Waals surface area contributed by atoms with E-state index in [2.05, 4.69) is 0 Å². The third-order valence-corrected chi connectivity index (χ3v) is 4.42. The van der Waals surface area contributed by atoms with Gasteiger partial charge in [-0.1, -0.05) is 0 Å². The van der Waals surface area contributed by atoms with Gasteiger partial charge in [0.1, 0.15) is 11.3 Å². The summed E-state index contributed by atoms with van der Waals surface area (Å²) in [5.41, 5.74) is 7.47. The normalized spacial score (nSPS) is 18.6. The number of nitrogens with zero attached hydrogens (tertiary/aromatic N) is 1. The Morgan fingerprint density at radius 2 is 2.32 bits per heavy atom. The average Bonchev–Trinajstić information content (AvgIpc) is 2.96. The maximum absolute atomic E-state index is 12.6. The number of piperidine rings is 1. The summed E-state index contributed by atoms with van der Waals surface area (Å²) < 4.78 is 10.7. The number of hydrogen-bond acceptors (Lipinski definition) is 4. The van der Waals surface area contributed by atoms with Gasteiger partial charge in [-0.25, -0.2) is 0 Å². The number of fused-ring (bicyclic) bond motifs is 1. The first kappa shape index (κ1) is 14.9. The van der Waals surface area contributed by atoms with Crippen LogP contribution < -0.4 is 10.5 Å². The first-order valence-corrected chi connectivity index (χ1v) is 7.76. The Kier molecular flexibility index (Phi) is 4.34. The number of ether oxygens (including phenoxy) is 1. The fraction of sp³-hybridized carbons (Fsp3) is 0.471. The molecule has 118 valence electrons. The number of carbonyl (C=O) groups is 1. The molecule has 1 atom stereocenters. The Hall–Kier alpha value is -2.01. The van der Waals surface area contributed by atoms with Gasteiger partial charge in [0, 0.05) is 36.1 Å². The van der Waals surface area contributed by atoms with E-state index < -0.39 is 0 Å². The number of rotatable bonds is 4. The molecular weight excluding hydrogens is 280 g/mol. The van der Waals surface area contributed by atoms with E-state index in [1.807, 2.05) is 23.1 Å². The molecule has 0 spiro atoms. The monoisotopic (exact) mass is 302 g/mol. The molecule has 5 nitrogen and oxygen atoms in total. The maximum atomic E-state index is 12.6. The van der Waals surface area contributed by atoms with E-state index in [0.29, 0.717) is 13.0 Å². The van der Waals surface area contributed by atoms with Crippen LogP contribution in [0.4, 0.5) is 0 Å². The van der Waals surface area contributed by atoms with Crippen LogP contribution in [0, 0.1) is 0 Å². The molecule has 1 aromatic heterocycles. The molecule has 5 heteroatoms. The van der Waals surface area contributed by atoms with Gasteiger partial charge >= 0.3 is 0 Å². The lowest BCUT2D eigenvalue weighted by Gasteiger charge is -2.35. The second kappa shape index (κ2) is 6.40. The Morgan fingerprint density at radius 3 is 3.09 bits per heavy atom. The van der Waals surface area contributed by atoms with Gasteiger partial charge in [-0.05, 0) is 31.4 Å². The van der Waals surface area contributed by atoms with Crippen LogP contribution in [0.3, 0.4) is 0 Å². The van der Waals surface area contributed by atoms with Crippen LogP contribution in [-0.4, -0.2) is 37.0 Å². The van der Waals surface area contributed by atoms with Crippen LogP contribution in [0.5, 0.6) is 5.75 Å². The third kappa shape index (κ3) is 2.81. The smallest absolute Gasteiger partial charge is 0.227 e. The molecule has 1 fully saturated rings.